The molecule has 2 aromatic heterocycles. The van der Waals surface area contributed by atoms with E-state index in [0.29, 0.717) is 22.3 Å². The van der Waals surface area contributed by atoms with Crippen molar-refractivity contribution in [1.29, 1.82) is 0 Å². The van der Waals surface area contributed by atoms with E-state index in [2.05, 4.69) is 41.7 Å². The number of hydrogen-bond donors (Lipinski definition) is 2. The van der Waals surface area contributed by atoms with Crippen molar-refractivity contribution in [2.45, 2.75) is 31.8 Å². The monoisotopic (exact) mass is 549 g/mol. The third-order valence-electron chi connectivity index (χ3n) is 5.28. The van der Waals surface area contributed by atoms with Crippen molar-refractivity contribution in [1.82, 2.24) is 15.2 Å². The minimum Gasteiger partial charge on any atom is -0.474 e. The van der Waals surface area contributed by atoms with Crippen LogP contribution in [0.2, 0.25) is 5.02 Å². The molecule has 4 rings (SSSR count). The molecule has 178 valence electrons. The fourth-order valence-electron chi connectivity index (χ4n) is 3.53. The van der Waals surface area contributed by atoms with Gasteiger partial charge in [0.2, 0.25) is 5.88 Å². The van der Waals surface area contributed by atoms with Gasteiger partial charge in [0, 0.05) is 10.5 Å². The van der Waals surface area contributed by atoms with E-state index in [0.717, 1.165) is 30.2 Å². The number of ether oxygens (including phenoxy) is 2. The molecule has 0 spiro atoms. The number of hydrogen-bond acceptors (Lipinski definition) is 9. The Morgan fingerprint density at radius 2 is 1.94 bits per heavy atom. The Morgan fingerprint density at radius 1 is 1.15 bits per heavy atom. The molecule has 0 radical (unpaired) electrons. The van der Waals surface area contributed by atoms with Crippen LogP contribution >= 0.6 is 27.5 Å². The van der Waals surface area contributed by atoms with Gasteiger partial charge in [0.25, 0.3) is 0 Å². The fourth-order valence-corrected chi connectivity index (χ4v) is 4.25. The highest BCUT2D eigenvalue weighted by atomic mass is 79.9. The third kappa shape index (κ3) is 6.03. The Morgan fingerprint density at radius 3 is 2.62 bits per heavy atom. The van der Waals surface area contributed by atoms with E-state index in [9.17, 15) is 9.59 Å². The fraction of sp³-hybridized carbons (Fsp3) is 0.318. The van der Waals surface area contributed by atoms with E-state index in [4.69, 9.17) is 25.5 Å². The number of halogens is 2. The van der Waals surface area contributed by atoms with Crippen molar-refractivity contribution in [2.75, 3.05) is 17.7 Å². The average molecular weight is 551 g/mol. The zero-order valence-electron chi connectivity index (χ0n) is 18.1. The summed E-state index contributed by atoms with van der Waals surface area (Å²) in [6.45, 7) is 0. The number of benzene rings is 1. The van der Waals surface area contributed by atoms with Crippen LogP contribution in [0.3, 0.4) is 0 Å². The van der Waals surface area contributed by atoms with Crippen LogP contribution in [0.15, 0.2) is 45.4 Å². The summed E-state index contributed by atoms with van der Waals surface area (Å²) in [5.41, 5.74) is 0.995. The highest BCUT2D eigenvalue weighted by Gasteiger charge is 2.28. The Kier molecular flexibility index (Phi) is 7.63. The third-order valence-corrected chi connectivity index (χ3v) is 6.09. The maximum atomic E-state index is 12.4. The zero-order valence-corrected chi connectivity index (χ0v) is 20.4. The average Bonchev–Trinajstić information content (AvgIpc) is 3.31. The van der Waals surface area contributed by atoms with Gasteiger partial charge in [-0.15, -0.1) is 5.10 Å². The molecule has 0 unspecified atom stereocenters. The Balaban J connectivity index is 1.29. The normalized spacial score (nSPS) is 17.6. The second-order valence-electron chi connectivity index (χ2n) is 7.62. The SMILES string of the molecule is COC(=O)C1CCC(Oc2ccc(NC(=O)c3nnc(Nc4ccc(Br)cc4Cl)o3)cn2)CC1. The van der Waals surface area contributed by atoms with Gasteiger partial charge in [-0.3, -0.25) is 9.59 Å². The van der Waals surface area contributed by atoms with Crippen LogP contribution in [0, 0.1) is 5.92 Å². The lowest BCUT2D eigenvalue weighted by atomic mass is 9.87. The number of methoxy groups -OCH3 is 1. The quantitative estimate of drug-likeness (QED) is 0.391. The van der Waals surface area contributed by atoms with Crippen molar-refractivity contribution >= 4 is 56.8 Å². The summed E-state index contributed by atoms with van der Waals surface area (Å²) >= 11 is 9.49. The smallest absolute Gasteiger partial charge is 0.320 e. The van der Waals surface area contributed by atoms with Gasteiger partial charge in [-0.2, -0.15) is 0 Å². The summed E-state index contributed by atoms with van der Waals surface area (Å²) in [4.78, 5) is 28.3. The number of pyridine rings is 1. The molecule has 0 bridgehead atoms. The van der Waals surface area contributed by atoms with Crippen molar-refractivity contribution in [3.05, 3.63) is 51.9 Å². The maximum Gasteiger partial charge on any atom is 0.320 e. The van der Waals surface area contributed by atoms with Gasteiger partial charge in [0.1, 0.15) is 6.10 Å². The van der Waals surface area contributed by atoms with Crippen LogP contribution in [-0.2, 0) is 9.53 Å². The first-order valence-electron chi connectivity index (χ1n) is 10.5. The van der Waals surface area contributed by atoms with Crippen molar-refractivity contribution in [3.8, 4) is 5.88 Å². The molecule has 10 nitrogen and oxygen atoms in total. The minimum absolute atomic E-state index is 0.0163. The van der Waals surface area contributed by atoms with E-state index < -0.39 is 5.91 Å². The lowest BCUT2D eigenvalue weighted by molar-refractivity contribution is -0.147. The first-order valence-corrected chi connectivity index (χ1v) is 11.7. The number of nitrogens with zero attached hydrogens (tertiary/aromatic N) is 3. The lowest BCUT2D eigenvalue weighted by Gasteiger charge is -2.27. The first-order chi connectivity index (χ1) is 16.4. The highest BCUT2D eigenvalue weighted by Crippen LogP contribution is 2.29. The van der Waals surface area contributed by atoms with E-state index in [1.54, 1.807) is 30.3 Å². The van der Waals surface area contributed by atoms with Crippen LogP contribution in [0.4, 0.5) is 17.4 Å². The molecule has 3 aromatic rings. The molecule has 1 aliphatic carbocycles. The number of esters is 1. The number of aromatic nitrogens is 3. The summed E-state index contributed by atoms with van der Waals surface area (Å²) in [7, 11) is 1.41. The second-order valence-corrected chi connectivity index (χ2v) is 8.94. The molecule has 1 aromatic carbocycles. The van der Waals surface area contributed by atoms with Crippen LogP contribution in [-0.4, -0.2) is 40.3 Å². The van der Waals surface area contributed by atoms with Crippen LogP contribution in [0.1, 0.15) is 36.4 Å². The molecule has 1 saturated carbocycles. The van der Waals surface area contributed by atoms with E-state index >= 15 is 0 Å². The van der Waals surface area contributed by atoms with E-state index in [1.807, 2.05) is 0 Å². The molecule has 0 aliphatic heterocycles. The molecule has 0 atom stereocenters. The zero-order chi connectivity index (χ0) is 24.1. The number of nitrogens with one attached hydrogen (secondary N) is 2. The van der Waals surface area contributed by atoms with Crippen molar-refractivity contribution in [2.24, 2.45) is 5.92 Å². The summed E-state index contributed by atoms with van der Waals surface area (Å²) in [5.74, 6) is -0.603. The second kappa shape index (κ2) is 10.8. The molecular weight excluding hydrogens is 530 g/mol. The number of amides is 1. The summed E-state index contributed by atoms with van der Waals surface area (Å²) < 4.78 is 16.9. The largest absolute Gasteiger partial charge is 0.474 e. The Bertz CT molecular complexity index is 1160. The predicted molar refractivity (Wildman–Crippen MR) is 127 cm³/mol. The van der Waals surface area contributed by atoms with Gasteiger partial charge >= 0.3 is 23.8 Å². The minimum atomic E-state index is -0.584. The molecule has 1 aliphatic rings. The van der Waals surface area contributed by atoms with E-state index in [-0.39, 0.29) is 29.9 Å². The predicted octanol–water partition coefficient (Wildman–Crippen LogP) is 4.99. The van der Waals surface area contributed by atoms with Crippen LogP contribution < -0.4 is 15.4 Å². The van der Waals surface area contributed by atoms with Gasteiger partial charge < -0.3 is 24.5 Å². The highest BCUT2D eigenvalue weighted by molar-refractivity contribution is 9.10. The Hall–Kier alpha value is -3.18. The van der Waals surface area contributed by atoms with Gasteiger partial charge in [-0.25, -0.2) is 4.98 Å². The summed E-state index contributed by atoms with van der Waals surface area (Å²) in [6.07, 6.45) is 4.40. The van der Waals surface area contributed by atoms with Crippen LogP contribution in [0.5, 0.6) is 5.88 Å². The van der Waals surface area contributed by atoms with Crippen LogP contribution in [0.25, 0.3) is 0 Å². The Labute approximate surface area is 208 Å². The summed E-state index contributed by atoms with van der Waals surface area (Å²) in [5, 5.41) is 13.5. The molecule has 2 heterocycles. The number of carbonyl (C=O) groups is 2. The first kappa shape index (κ1) is 24.0. The molecule has 1 fully saturated rings. The topological polar surface area (TPSA) is 128 Å². The molecule has 12 heteroatoms. The van der Waals surface area contributed by atoms with Crippen molar-refractivity contribution in [3.63, 3.8) is 0 Å². The standard InChI is InChI=1S/C22H21BrClN5O5/c1-32-21(31)12-2-6-15(7-3-12)33-18-9-5-14(11-25-18)26-19(30)20-28-29-22(34-20)27-17-8-4-13(23)10-16(17)24/h4-5,8-12,15H,2-3,6-7H2,1H3,(H,26,30)(H,27,29). The molecule has 2 N–H and O–H groups in total. The molecule has 0 saturated heterocycles. The summed E-state index contributed by atoms with van der Waals surface area (Å²) in [6, 6.07) is 8.60. The number of anilines is 3. The van der Waals surface area contributed by atoms with E-state index in [1.165, 1.54) is 13.3 Å². The lowest BCUT2D eigenvalue weighted by Crippen LogP contribution is -2.28. The molecule has 34 heavy (non-hydrogen) atoms. The van der Waals surface area contributed by atoms with Gasteiger partial charge in [0.05, 0.1) is 35.6 Å². The molecular formula is C22H21BrClN5O5. The van der Waals surface area contributed by atoms with Gasteiger partial charge in [0.15, 0.2) is 0 Å². The maximum absolute atomic E-state index is 12.4. The van der Waals surface area contributed by atoms with Gasteiger partial charge in [-0.1, -0.05) is 32.6 Å². The molecule has 1 amide bonds. The van der Waals surface area contributed by atoms with Gasteiger partial charge in [-0.05, 0) is 49.9 Å². The number of carbonyl (C=O) groups excluding carboxylic acids is 2. The van der Waals surface area contributed by atoms with Crippen molar-refractivity contribution < 1.29 is 23.5 Å². The number of rotatable bonds is 7.